The lowest BCUT2D eigenvalue weighted by Gasteiger charge is -2.34. The van der Waals surface area contributed by atoms with Crippen LogP contribution in [0.3, 0.4) is 0 Å². The van der Waals surface area contributed by atoms with Gasteiger partial charge in [0.15, 0.2) is 0 Å². The van der Waals surface area contributed by atoms with Crippen LogP contribution in [0.5, 0.6) is 0 Å². The Morgan fingerprint density at radius 3 is 2.50 bits per heavy atom. The first-order valence-electron chi connectivity index (χ1n) is 6.83. The van der Waals surface area contributed by atoms with Crippen molar-refractivity contribution in [1.29, 1.82) is 0 Å². The Labute approximate surface area is 121 Å². The van der Waals surface area contributed by atoms with Crippen LogP contribution in [-0.2, 0) is 9.47 Å². The maximum Gasteiger partial charge on any atom is 0.412 e. The highest BCUT2D eigenvalue weighted by atomic mass is 16.6. The van der Waals surface area contributed by atoms with E-state index in [4.69, 9.17) is 9.47 Å². The highest BCUT2D eigenvalue weighted by Crippen LogP contribution is 2.34. The summed E-state index contributed by atoms with van der Waals surface area (Å²) in [5, 5.41) is 9.45. The summed E-state index contributed by atoms with van der Waals surface area (Å²) < 4.78 is 11.2. The Balaban J connectivity index is 3.01. The van der Waals surface area contributed by atoms with Crippen molar-refractivity contribution in [3.05, 3.63) is 0 Å². The molecular weight excluding hydrogens is 258 g/mol. The first kappa shape index (κ1) is 16.8. The molecule has 5 nitrogen and oxygen atoms in total. The highest BCUT2D eigenvalue weighted by Gasteiger charge is 2.50. The Hall–Kier alpha value is -1.25. The molecule has 20 heavy (non-hydrogen) atoms. The van der Waals surface area contributed by atoms with Crippen molar-refractivity contribution in [2.75, 3.05) is 6.61 Å². The molecule has 1 aliphatic heterocycles. The van der Waals surface area contributed by atoms with E-state index in [1.165, 1.54) is 0 Å². The summed E-state index contributed by atoms with van der Waals surface area (Å²) >= 11 is 0. The van der Waals surface area contributed by atoms with Gasteiger partial charge in [-0.25, -0.2) is 4.79 Å². The summed E-state index contributed by atoms with van der Waals surface area (Å²) in [5.41, 5.74) is -1.40. The van der Waals surface area contributed by atoms with Crippen molar-refractivity contribution in [1.82, 2.24) is 4.90 Å². The summed E-state index contributed by atoms with van der Waals surface area (Å²) in [7, 11) is 0. The summed E-state index contributed by atoms with van der Waals surface area (Å²) in [6.45, 7) is 10.6. The molecule has 1 N–H and O–H groups in total. The minimum Gasteiger partial charge on any atom is -0.444 e. The zero-order valence-corrected chi connectivity index (χ0v) is 13.2. The van der Waals surface area contributed by atoms with Gasteiger partial charge in [0, 0.05) is 6.42 Å². The number of aliphatic hydroxyl groups excluding tert-OH is 1. The quantitative estimate of drug-likeness (QED) is 0.789. The predicted octanol–water partition coefficient (Wildman–Crippen LogP) is 2.13. The van der Waals surface area contributed by atoms with Gasteiger partial charge in [0.05, 0.1) is 12.6 Å². The number of aliphatic hydroxyl groups is 1. The average Bonchev–Trinajstić information content (AvgIpc) is 2.54. The van der Waals surface area contributed by atoms with E-state index >= 15 is 0 Å². The van der Waals surface area contributed by atoms with Crippen LogP contribution in [0, 0.1) is 11.8 Å². The number of hydrogen-bond donors (Lipinski definition) is 1. The lowest BCUT2D eigenvalue weighted by atomic mass is 10.1. The zero-order valence-electron chi connectivity index (χ0n) is 13.2. The fourth-order valence-electron chi connectivity index (χ4n) is 2.33. The largest absolute Gasteiger partial charge is 0.444 e. The number of rotatable bonds is 2. The smallest absolute Gasteiger partial charge is 0.412 e. The summed E-state index contributed by atoms with van der Waals surface area (Å²) in [5.74, 6) is 5.76. The van der Waals surface area contributed by atoms with E-state index in [0.717, 1.165) is 0 Å². The van der Waals surface area contributed by atoms with Crippen molar-refractivity contribution in [2.24, 2.45) is 0 Å². The van der Waals surface area contributed by atoms with Gasteiger partial charge in [-0.2, -0.15) is 0 Å². The number of nitrogens with zero attached hydrogens (tertiary/aromatic N) is 1. The molecule has 1 amide bonds. The third-order valence-corrected chi connectivity index (χ3v) is 3.04. The van der Waals surface area contributed by atoms with Gasteiger partial charge < -0.3 is 14.6 Å². The van der Waals surface area contributed by atoms with Gasteiger partial charge in [-0.05, 0) is 41.5 Å². The molecule has 0 saturated carbocycles. The minimum atomic E-state index is -0.824. The van der Waals surface area contributed by atoms with E-state index in [1.54, 1.807) is 25.7 Å². The highest BCUT2D eigenvalue weighted by molar-refractivity contribution is 5.70. The van der Waals surface area contributed by atoms with Gasteiger partial charge in [0.2, 0.25) is 0 Å². The third-order valence-electron chi connectivity index (χ3n) is 3.04. The first-order valence-corrected chi connectivity index (χ1v) is 6.83. The molecule has 2 atom stereocenters. The monoisotopic (exact) mass is 283 g/mol. The molecule has 0 aromatic rings. The van der Waals surface area contributed by atoms with Gasteiger partial charge in [-0.1, -0.05) is 0 Å². The second-order valence-electron chi connectivity index (χ2n) is 6.33. The lowest BCUT2D eigenvalue weighted by Crippen LogP contribution is -2.50. The second kappa shape index (κ2) is 6.02. The van der Waals surface area contributed by atoms with Crippen LogP contribution in [0.25, 0.3) is 0 Å². The van der Waals surface area contributed by atoms with E-state index < -0.39 is 23.5 Å². The molecule has 0 aliphatic carbocycles. The average molecular weight is 283 g/mol. The standard InChI is InChI=1S/C15H25NO4/c1-7-8-9-11-12(10-17)19-15(5,6)16(11)13(18)20-14(2,3)4/h11-12,17H,9-10H2,1-6H3/t11-,12?/m0/s1. The van der Waals surface area contributed by atoms with Gasteiger partial charge >= 0.3 is 6.09 Å². The van der Waals surface area contributed by atoms with Gasteiger partial charge in [-0.15, -0.1) is 11.8 Å². The Bertz CT molecular complexity index is 414. The van der Waals surface area contributed by atoms with Crippen LogP contribution in [0.2, 0.25) is 0 Å². The topological polar surface area (TPSA) is 59.0 Å². The lowest BCUT2D eigenvalue weighted by molar-refractivity contribution is -0.0865. The van der Waals surface area contributed by atoms with E-state index in [2.05, 4.69) is 11.8 Å². The van der Waals surface area contributed by atoms with Gasteiger partial charge in [-0.3, -0.25) is 4.90 Å². The van der Waals surface area contributed by atoms with Crippen LogP contribution < -0.4 is 0 Å². The fourth-order valence-corrected chi connectivity index (χ4v) is 2.33. The summed E-state index contributed by atoms with van der Waals surface area (Å²) in [6, 6.07) is -0.308. The van der Waals surface area contributed by atoms with E-state index in [0.29, 0.717) is 6.42 Å². The molecular formula is C15H25NO4. The van der Waals surface area contributed by atoms with Crippen LogP contribution in [0.15, 0.2) is 0 Å². The summed E-state index contributed by atoms with van der Waals surface area (Å²) in [6.07, 6.45) is -0.440. The SMILES string of the molecule is CC#CC[C@H]1C(CO)OC(C)(C)N1C(=O)OC(C)(C)C. The van der Waals surface area contributed by atoms with Crippen molar-refractivity contribution < 1.29 is 19.4 Å². The van der Waals surface area contributed by atoms with Crippen molar-refractivity contribution >= 4 is 6.09 Å². The molecule has 0 aromatic heterocycles. The Morgan fingerprint density at radius 1 is 1.45 bits per heavy atom. The van der Waals surface area contributed by atoms with Gasteiger partial charge in [0.1, 0.15) is 17.4 Å². The minimum absolute atomic E-state index is 0.154. The molecule has 0 radical (unpaired) electrons. The molecule has 1 saturated heterocycles. The fraction of sp³-hybridized carbons (Fsp3) is 0.800. The zero-order chi connectivity index (χ0) is 15.6. The maximum atomic E-state index is 12.4. The normalized spacial score (nSPS) is 25.1. The Morgan fingerprint density at radius 2 is 2.05 bits per heavy atom. The molecule has 5 heteroatoms. The molecule has 1 unspecified atom stereocenters. The summed E-state index contributed by atoms with van der Waals surface area (Å²) in [4.78, 5) is 14.0. The van der Waals surface area contributed by atoms with E-state index in [-0.39, 0.29) is 12.6 Å². The van der Waals surface area contributed by atoms with Crippen LogP contribution >= 0.6 is 0 Å². The van der Waals surface area contributed by atoms with Crippen LogP contribution in [-0.4, -0.2) is 46.2 Å². The molecule has 114 valence electrons. The number of ether oxygens (including phenoxy) is 2. The van der Waals surface area contributed by atoms with E-state index in [9.17, 15) is 9.90 Å². The number of hydrogen-bond acceptors (Lipinski definition) is 4. The molecule has 1 rings (SSSR count). The predicted molar refractivity (Wildman–Crippen MR) is 76.0 cm³/mol. The van der Waals surface area contributed by atoms with Crippen LogP contribution in [0.1, 0.15) is 48.0 Å². The van der Waals surface area contributed by atoms with Crippen molar-refractivity contribution in [3.8, 4) is 11.8 Å². The number of carbonyl (C=O) groups is 1. The second-order valence-corrected chi connectivity index (χ2v) is 6.33. The maximum absolute atomic E-state index is 12.4. The van der Waals surface area contributed by atoms with Crippen LogP contribution in [0.4, 0.5) is 4.79 Å². The van der Waals surface area contributed by atoms with Gasteiger partial charge in [0.25, 0.3) is 0 Å². The molecule has 1 heterocycles. The molecule has 1 fully saturated rings. The molecule has 1 aliphatic rings. The number of amides is 1. The number of carbonyl (C=O) groups excluding carboxylic acids is 1. The van der Waals surface area contributed by atoms with E-state index in [1.807, 2.05) is 20.8 Å². The van der Waals surface area contributed by atoms with Crippen molar-refractivity contribution in [2.45, 2.75) is 71.4 Å². The first-order chi connectivity index (χ1) is 9.12. The molecule has 0 spiro atoms. The third kappa shape index (κ3) is 3.87. The Kier molecular flexibility index (Phi) is 5.06. The molecule has 0 aromatic carbocycles. The van der Waals surface area contributed by atoms with Crippen molar-refractivity contribution in [3.63, 3.8) is 0 Å². The molecule has 0 bridgehead atoms.